The van der Waals surface area contributed by atoms with Crippen LogP contribution in [0, 0.1) is 6.92 Å². The number of hydrogen-bond acceptors (Lipinski definition) is 5. The van der Waals surface area contributed by atoms with Gasteiger partial charge in [-0.2, -0.15) is 0 Å². The molecule has 0 aliphatic carbocycles. The zero-order valence-corrected chi connectivity index (χ0v) is 16.1. The van der Waals surface area contributed by atoms with E-state index in [1.165, 1.54) is 6.20 Å². The van der Waals surface area contributed by atoms with Gasteiger partial charge >= 0.3 is 0 Å². The van der Waals surface area contributed by atoms with E-state index in [1.54, 1.807) is 29.9 Å². The van der Waals surface area contributed by atoms with Gasteiger partial charge in [0, 0.05) is 30.0 Å². The smallest absolute Gasteiger partial charge is 0.273 e. The van der Waals surface area contributed by atoms with Gasteiger partial charge in [-0.05, 0) is 37.3 Å². The van der Waals surface area contributed by atoms with Gasteiger partial charge in [0.05, 0.1) is 16.9 Å². The molecule has 2 heterocycles. The van der Waals surface area contributed by atoms with Gasteiger partial charge < -0.3 is 10.6 Å². The van der Waals surface area contributed by atoms with Crippen molar-refractivity contribution in [3.63, 3.8) is 0 Å². The quantitative estimate of drug-likeness (QED) is 0.583. The molecule has 0 aliphatic heterocycles. The fourth-order valence-electron chi connectivity index (χ4n) is 2.43. The summed E-state index contributed by atoms with van der Waals surface area (Å²) in [5.41, 5.74) is 2.15. The minimum Gasteiger partial charge on any atom is -0.350 e. The Morgan fingerprint density at radius 1 is 1.11 bits per heavy atom. The van der Waals surface area contributed by atoms with E-state index in [9.17, 15) is 9.59 Å². The highest BCUT2D eigenvalue weighted by molar-refractivity contribution is 9.10. The number of pyridine rings is 1. The van der Waals surface area contributed by atoms with Gasteiger partial charge in [-0.25, -0.2) is 4.68 Å². The Hall–Kier alpha value is -3.07. The molecule has 0 radical (unpaired) electrons. The molecule has 0 fully saturated rings. The number of carbonyl (C=O) groups excluding carboxylic acids is 2. The first-order chi connectivity index (χ1) is 13.1. The fourth-order valence-corrected chi connectivity index (χ4v) is 2.81. The van der Waals surface area contributed by atoms with Gasteiger partial charge in [-0.3, -0.25) is 14.6 Å². The molecule has 9 heteroatoms. The summed E-state index contributed by atoms with van der Waals surface area (Å²) in [6.07, 6.45) is 3.08. The maximum Gasteiger partial charge on any atom is 0.273 e. The van der Waals surface area contributed by atoms with Crippen molar-refractivity contribution in [3.05, 3.63) is 70.2 Å². The van der Waals surface area contributed by atoms with Gasteiger partial charge in [0.2, 0.25) is 0 Å². The summed E-state index contributed by atoms with van der Waals surface area (Å²) in [6, 6.07) is 10.9. The van der Waals surface area contributed by atoms with Crippen molar-refractivity contribution in [2.45, 2.75) is 6.92 Å². The van der Waals surface area contributed by atoms with Gasteiger partial charge in [0.25, 0.3) is 11.8 Å². The van der Waals surface area contributed by atoms with Crippen LogP contribution in [-0.2, 0) is 0 Å². The minimum atomic E-state index is -0.343. The molecule has 0 unspecified atom stereocenters. The molecule has 2 amide bonds. The van der Waals surface area contributed by atoms with Crippen LogP contribution in [-0.4, -0.2) is 44.9 Å². The molecule has 8 nitrogen and oxygen atoms in total. The Kier molecular flexibility index (Phi) is 5.92. The van der Waals surface area contributed by atoms with Crippen molar-refractivity contribution >= 4 is 27.7 Å². The summed E-state index contributed by atoms with van der Waals surface area (Å²) in [5.74, 6) is -0.585. The summed E-state index contributed by atoms with van der Waals surface area (Å²) in [4.78, 5) is 28.1. The number of nitrogens with one attached hydrogen (secondary N) is 2. The third-order valence-corrected chi connectivity index (χ3v) is 4.28. The van der Waals surface area contributed by atoms with E-state index < -0.39 is 0 Å². The van der Waals surface area contributed by atoms with Crippen molar-refractivity contribution in [2.75, 3.05) is 13.1 Å². The normalized spacial score (nSPS) is 10.4. The first-order valence-electron chi connectivity index (χ1n) is 8.21. The van der Waals surface area contributed by atoms with Crippen LogP contribution in [0.3, 0.4) is 0 Å². The molecule has 2 aromatic heterocycles. The lowest BCUT2D eigenvalue weighted by molar-refractivity contribution is 0.0924. The molecule has 138 valence electrons. The second-order valence-electron chi connectivity index (χ2n) is 5.67. The molecule has 27 heavy (non-hydrogen) atoms. The zero-order chi connectivity index (χ0) is 19.2. The first-order valence-corrected chi connectivity index (χ1v) is 9.00. The van der Waals surface area contributed by atoms with E-state index in [2.05, 4.69) is 41.9 Å². The lowest BCUT2D eigenvalue weighted by atomic mass is 10.2. The van der Waals surface area contributed by atoms with E-state index in [0.29, 0.717) is 11.3 Å². The molecular formula is C18H17BrN6O2. The van der Waals surface area contributed by atoms with Crippen molar-refractivity contribution < 1.29 is 9.59 Å². The molecule has 0 atom stereocenters. The molecule has 0 saturated heterocycles. The van der Waals surface area contributed by atoms with Crippen molar-refractivity contribution in [2.24, 2.45) is 0 Å². The first kappa shape index (κ1) is 18.7. The molecule has 0 spiro atoms. The highest BCUT2D eigenvalue weighted by Crippen LogP contribution is 2.17. The highest BCUT2D eigenvalue weighted by Gasteiger charge is 2.17. The fraction of sp³-hybridized carbons (Fsp3) is 0.167. The molecule has 3 aromatic rings. The average molecular weight is 429 g/mol. The molecular weight excluding hydrogens is 412 g/mol. The Labute approximate surface area is 164 Å². The van der Waals surface area contributed by atoms with Gasteiger partial charge in [-0.15, -0.1) is 5.10 Å². The molecule has 0 aliphatic rings. The van der Waals surface area contributed by atoms with Crippen molar-refractivity contribution in [3.8, 4) is 5.69 Å². The van der Waals surface area contributed by atoms with Crippen LogP contribution >= 0.6 is 15.9 Å². The summed E-state index contributed by atoms with van der Waals surface area (Å²) in [6.45, 7) is 2.34. The maximum absolute atomic E-state index is 12.3. The van der Waals surface area contributed by atoms with Crippen molar-refractivity contribution in [1.82, 2.24) is 30.6 Å². The topological polar surface area (TPSA) is 102 Å². The molecule has 1 aromatic carbocycles. The summed E-state index contributed by atoms with van der Waals surface area (Å²) < 4.78 is 2.51. The number of aromatic nitrogens is 4. The summed E-state index contributed by atoms with van der Waals surface area (Å²) in [5, 5.41) is 13.5. The molecule has 3 rings (SSSR count). The second-order valence-corrected chi connectivity index (χ2v) is 6.58. The SMILES string of the molecule is Cc1c(C(=O)NCCNC(=O)c2cccnc2)nnn1-c1cccc(Br)c1. The van der Waals surface area contributed by atoms with Crippen LogP contribution in [0.4, 0.5) is 0 Å². The van der Waals surface area contributed by atoms with Gasteiger partial charge in [-0.1, -0.05) is 27.2 Å². The third-order valence-electron chi connectivity index (χ3n) is 3.78. The summed E-state index contributed by atoms with van der Waals surface area (Å²) in [7, 11) is 0. The van der Waals surface area contributed by atoms with Crippen LogP contribution < -0.4 is 10.6 Å². The average Bonchev–Trinajstić information content (AvgIpc) is 3.07. The molecule has 0 bridgehead atoms. The van der Waals surface area contributed by atoms with Crippen LogP contribution in [0.25, 0.3) is 5.69 Å². The summed E-state index contributed by atoms with van der Waals surface area (Å²) >= 11 is 3.41. The van der Waals surface area contributed by atoms with Gasteiger partial charge in [0.1, 0.15) is 0 Å². The second kappa shape index (κ2) is 8.54. The number of rotatable bonds is 6. The lowest BCUT2D eigenvalue weighted by Gasteiger charge is -2.07. The van der Waals surface area contributed by atoms with E-state index in [0.717, 1.165) is 10.2 Å². The predicted octanol–water partition coefficient (Wildman–Crippen LogP) is 1.89. The minimum absolute atomic E-state index is 0.242. The zero-order valence-electron chi connectivity index (χ0n) is 14.5. The standard InChI is InChI=1S/C18H17BrN6O2/c1-12-16(23-24-25(12)15-6-2-5-14(19)10-15)18(27)22-9-8-21-17(26)13-4-3-7-20-11-13/h2-7,10-11H,8-9H2,1H3,(H,21,26)(H,22,27). The largest absolute Gasteiger partial charge is 0.350 e. The molecule has 2 N–H and O–H groups in total. The maximum atomic E-state index is 12.3. The Morgan fingerprint density at radius 2 is 1.89 bits per heavy atom. The van der Waals surface area contributed by atoms with Crippen LogP contribution in [0.2, 0.25) is 0 Å². The monoisotopic (exact) mass is 428 g/mol. The lowest BCUT2D eigenvalue weighted by Crippen LogP contribution is -2.35. The van der Waals surface area contributed by atoms with Crippen LogP contribution in [0.5, 0.6) is 0 Å². The molecule has 0 saturated carbocycles. The third kappa shape index (κ3) is 4.56. The van der Waals surface area contributed by atoms with Crippen molar-refractivity contribution in [1.29, 1.82) is 0 Å². The Bertz CT molecular complexity index is 957. The predicted molar refractivity (Wildman–Crippen MR) is 103 cm³/mol. The number of hydrogen-bond donors (Lipinski definition) is 2. The number of amides is 2. The van der Waals surface area contributed by atoms with E-state index >= 15 is 0 Å². The van der Waals surface area contributed by atoms with E-state index in [4.69, 9.17) is 0 Å². The number of nitrogens with zero attached hydrogens (tertiary/aromatic N) is 4. The van der Waals surface area contributed by atoms with E-state index in [-0.39, 0.29) is 30.6 Å². The van der Waals surface area contributed by atoms with Gasteiger partial charge in [0.15, 0.2) is 5.69 Å². The Morgan fingerprint density at radius 3 is 2.59 bits per heavy atom. The van der Waals surface area contributed by atoms with Crippen LogP contribution in [0.1, 0.15) is 26.5 Å². The number of halogens is 1. The number of benzene rings is 1. The van der Waals surface area contributed by atoms with Crippen LogP contribution in [0.15, 0.2) is 53.3 Å². The Balaban J connectivity index is 1.55. The number of carbonyl (C=O) groups is 2. The highest BCUT2D eigenvalue weighted by atomic mass is 79.9. The van der Waals surface area contributed by atoms with E-state index in [1.807, 2.05) is 24.3 Å².